The Balaban J connectivity index is 1.80. The molecule has 1 aliphatic rings. The highest BCUT2D eigenvalue weighted by Gasteiger charge is 2.33. The smallest absolute Gasteiger partial charge is 0.247 e. The fourth-order valence-electron chi connectivity index (χ4n) is 3.34. The molecule has 1 aromatic carbocycles. The first kappa shape index (κ1) is 18.2. The summed E-state index contributed by atoms with van der Waals surface area (Å²) in [5.74, 6) is 0.589. The van der Waals surface area contributed by atoms with Gasteiger partial charge in [0.05, 0.1) is 0 Å². The molecule has 6 nitrogen and oxygen atoms in total. The van der Waals surface area contributed by atoms with Crippen molar-refractivity contribution in [3.63, 3.8) is 0 Å². The van der Waals surface area contributed by atoms with Gasteiger partial charge in [-0.3, -0.25) is 9.59 Å². The SMILES string of the molecule is Cc1ccc(-c2ncc[nH]2)cc1NC(=O)C1CCCCN1C(=O)C(C)C. The molecule has 3 rings (SSSR count). The summed E-state index contributed by atoms with van der Waals surface area (Å²) >= 11 is 0. The maximum atomic E-state index is 12.9. The number of aromatic amines is 1. The van der Waals surface area contributed by atoms with Gasteiger partial charge in [0, 0.05) is 36.1 Å². The van der Waals surface area contributed by atoms with Crippen molar-refractivity contribution in [3.8, 4) is 11.4 Å². The second-order valence-corrected chi connectivity index (χ2v) is 7.15. The van der Waals surface area contributed by atoms with Crippen molar-refractivity contribution in [2.45, 2.75) is 46.1 Å². The maximum Gasteiger partial charge on any atom is 0.247 e. The first-order valence-corrected chi connectivity index (χ1v) is 9.19. The fourth-order valence-corrected chi connectivity index (χ4v) is 3.34. The Morgan fingerprint density at radius 1 is 1.31 bits per heavy atom. The van der Waals surface area contributed by atoms with E-state index in [1.54, 1.807) is 17.3 Å². The molecule has 0 aliphatic carbocycles. The summed E-state index contributed by atoms with van der Waals surface area (Å²) in [6, 6.07) is 5.46. The molecule has 2 heterocycles. The monoisotopic (exact) mass is 354 g/mol. The van der Waals surface area contributed by atoms with E-state index in [4.69, 9.17) is 0 Å². The van der Waals surface area contributed by atoms with Gasteiger partial charge < -0.3 is 15.2 Å². The van der Waals surface area contributed by atoms with Crippen LogP contribution in [0.1, 0.15) is 38.7 Å². The van der Waals surface area contributed by atoms with E-state index in [1.165, 1.54) is 0 Å². The van der Waals surface area contributed by atoms with Crippen LogP contribution in [0.5, 0.6) is 0 Å². The first-order valence-electron chi connectivity index (χ1n) is 9.19. The zero-order valence-electron chi connectivity index (χ0n) is 15.6. The van der Waals surface area contributed by atoms with E-state index in [1.807, 2.05) is 39.0 Å². The molecule has 2 amide bonds. The number of hydrogen-bond acceptors (Lipinski definition) is 3. The van der Waals surface area contributed by atoms with E-state index < -0.39 is 6.04 Å². The Kier molecular flexibility index (Phi) is 5.40. The molecule has 0 bridgehead atoms. The van der Waals surface area contributed by atoms with Crippen LogP contribution >= 0.6 is 0 Å². The molecule has 0 saturated carbocycles. The van der Waals surface area contributed by atoms with Crippen LogP contribution in [0.2, 0.25) is 0 Å². The lowest BCUT2D eigenvalue weighted by Gasteiger charge is -2.36. The van der Waals surface area contributed by atoms with Gasteiger partial charge in [0.15, 0.2) is 0 Å². The molecule has 2 N–H and O–H groups in total. The van der Waals surface area contributed by atoms with Gasteiger partial charge in [0.1, 0.15) is 11.9 Å². The summed E-state index contributed by atoms with van der Waals surface area (Å²) in [5, 5.41) is 3.03. The Labute approximate surface area is 154 Å². The quantitative estimate of drug-likeness (QED) is 0.884. The van der Waals surface area contributed by atoms with Gasteiger partial charge in [0.25, 0.3) is 0 Å². The lowest BCUT2D eigenvalue weighted by Crippen LogP contribution is -2.51. The number of H-pyrrole nitrogens is 1. The Bertz CT molecular complexity index is 783. The second kappa shape index (κ2) is 7.72. The molecule has 1 saturated heterocycles. The summed E-state index contributed by atoms with van der Waals surface area (Å²) < 4.78 is 0. The molecule has 0 radical (unpaired) electrons. The van der Waals surface area contributed by atoms with Crippen molar-refractivity contribution < 1.29 is 9.59 Å². The van der Waals surface area contributed by atoms with Crippen molar-refractivity contribution in [2.24, 2.45) is 5.92 Å². The zero-order chi connectivity index (χ0) is 18.7. The van der Waals surface area contributed by atoms with Gasteiger partial charge in [-0.1, -0.05) is 26.0 Å². The summed E-state index contributed by atoms with van der Waals surface area (Å²) in [6.07, 6.45) is 6.09. The van der Waals surface area contributed by atoms with E-state index in [0.29, 0.717) is 13.0 Å². The molecule has 6 heteroatoms. The Morgan fingerprint density at radius 2 is 2.12 bits per heavy atom. The highest BCUT2D eigenvalue weighted by atomic mass is 16.2. The fraction of sp³-hybridized carbons (Fsp3) is 0.450. The van der Waals surface area contributed by atoms with E-state index in [0.717, 1.165) is 35.5 Å². The third-order valence-corrected chi connectivity index (χ3v) is 4.85. The molecule has 1 fully saturated rings. The molecule has 1 aliphatic heterocycles. The molecule has 1 aromatic heterocycles. The van der Waals surface area contributed by atoms with Crippen molar-refractivity contribution >= 4 is 17.5 Å². The normalized spacial score (nSPS) is 17.4. The maximum absolute atomic E-state index is 12.9. The van der Waals surface area contributed by atoms with Gasteiger partial charge in [-0.2, -0.15) is 0 Å². The van der Waals surface area contributed by atoms with Crippen LogP contribution in [0, 0.1) is 12.8 Å². The van der Waals surface area contributed by atoms with Gasteiger partial charge in [-0.15, -0.1) is 0 Å². The molecule has 0 spiro atoms. The highest BCUT2D eigenvalue weighted by Crippen LogP contribution is 2.25. The number of benzene rings is 1. The third-order valence-electron chi connectivity index (χ3n) is 4.85. The van der Waals surface area contributed by atoms with E-state index in [-0.39, 0.29) is 17.7 Å². The summed E-state index contributed by atoms with van der Waals surface area (Å²) in [7, 11) is 0. The predicted molar refractivity (Wildman–Crippen MR) is 102 cm³/mol. The molecular weight excluding hydrogens is 328 g/mol. The summed E-state index contributed by atoms with van der Waals surface area (Å²) in [4.78, 5) is 34.5. The van der Waals surface area contributed by atoms with Gasteiger partial charge in [-0.25, -0.2) is 4.98 Å². The number of aryl methyl sites for hydroxylation is 1. The summed E-state index contributed by atoms with van der Waals surface area (Å²) in [5.41, 5.74) is 2.65. The number of likely N-dealkylation sites (tertiary alicyclic amines) is 1. The zero-order valence-corrected chi connectivity index (χ0v) is 15.6. The topological polar surface area (TPSA) is 78.1 Å². The number of imidazole rings is 1. The lowest BCUT2D eigenvalue weighted by molar-refractivity contribution is -0.142. The van der Waals surface area contributed by atoms with Crippen LogP contribution in [-0.4, -0.2) is 39.3 Å². The Hall–Kier alpha value is -2.63. The number of carbonyl (C=O) groups is 2. The van der Waals surface area contributed by atoms with Crippen molar-refractivity contribution in [3.05, 3.63) is 36.2 Å². The number of carbonyl (C=O) groups excluding carboxylic acids is 2. The number of aromatic nitrogens is 2. The van der Waals surface area contributed by atoms with Crippen molar-refractivity contribution in [1.29, 1.82) is 0 Å². The number of piperidine rings is 1. The molecule has 138 valence electrons. The van der Waals surface area contributed by atoms with Crippen LogP contribution < -0.4 is 5.32 Å². The number of hydrogen-bond donors (Lipinski definition) is 2. The first-order chi connectivity index (χ1) is 12.5. The average Bonchev–Trinajstić information content (AvgIpc) is 3.17. The van der Waals surface area contributed by atoms with Gasteiger partial charge >= 0.3 is 0 Å². The van der Waals surface area contributed by atoms with Crippen molar-refractivity contribution in [1.82, 2.24) is 14.9 Å². The van der Waals surface area contributed by atoms with E-state index >= 15 is 0 Å². The minimum absolute atomic E-state index is 0.0471. The van der Waals surface area contributed by atoms with Gasteiger partial charge in [-0.05, 0) is 37.8 Å². The van der Waals surface area contributed by atoms with Crippen LogP contribution in [0.4, 0.5) is 5.69 Å². The number of nitrogens with zero attached hydrogens (tertiary/aromatic N) is 2. The van der Waals surface area contributed by atoms with Crippen LogP contribution in [0.25, 0.3) is 11.4 Å². The number of amides is 2. The molecule has 2 aromatic rings. The number of rotatable bonds is 4. The molecule has 1 atom stereocenters. The number of nitrogens with one attached hydrogen (secondary N) is 2. The second-order valence-electron chi connectivity index (χ2n) is 7.15. The van der Waals surface area contributed by atoms with E-state index in [2.05, 4.69) is 15.3 Å². The van der Waals surface area contributed by atoms with E-state index in [9.17, 15) is 9.59 Å². The minimum atomic E-state index is -0.398. The van der Waals surface area contributed by atoms with Crippen LogP contribution in [0.3, 0.4) is 0 Å². The van der Waals surface area contributed by atoms with Crippen LogP contribution in [0.15, 0.2) is 30.6 Å². The molecule has 1 unspecified atom stereocenters. The Morgan fingerprint density at radius 3 is 2.81 bits per heavy atom. The molecular formula is C20H26N4O2. The molecule has 26 heavy (non-hydrogen) atoms. The van der Waals surface area contributed by atoms with Crippen molar-refractivity contribution in [2.75, 3.05) is 11.9 Å². The summed E-state index contributed by atoms with van der Waals surface area (Å²) in [6.45, 7) is 6.37. The predicted octanol–water partition coefficient (Wildman–Crippen LogP) is 3.36. The highest BCUT2D eigenvalue weighted by molar-refractivity contribution is 5.98. The standard InChI is InChI=1S/C20H26N4O2/c1-13(2)20(26)24-11-5-4-6-17(24)19(25)23-16-12-15(8-7-14(16)3)18-21-9-10-22-18/h7-10,12-13,17H,4-6,11H2,1-3H3,(H,21,22)(H,23,25). The van der Waals surface area contributed by atoms with Crippen LogP contribution in [-0.2, 0) is 9.59 Å². The average molecular weight is 354 g/mol. The lowest BCUT2D eigenvalue weighted by atomic mass is 9.99. The third kappa shape index (κ3) is 3.79. The minimum Gasteiger partial charge on any atom is -0.345 e. The number of anilines is 1. The largest absolute Gasteiger partial charge is 0.345 e. The van der Waals surface area contributed by atoms with Gasteiger partial charge in [0.2, 0.25) is 11.8 Å².